The van der Waals surface area contributed by atoms with Crippen LogP contribution in [0.3, 0.4) is 0 Å². The molecule has 0 radical (unpaired) electrons. The zero-order chi connectivity index (χ0) is 14.5. The third-order valence-corrected chi connectivity index (χ3v) is 3.65. The van der Waals surface area contributed by atoms with Crippen LogP contribution in [0.5, 0.6) is 0 Å². The fourth-order valence-electron chi connectivity index (χ4n) is 2.16. The van der Waals surface area contributed by atoms with E-state index in [9.17, 15) is 4.79 Å². The molecule has 0 spiro atoms. The van der Waals surface area contributed by atoms with Crippen LogP contribution in [0.15, 0.2) is 24.5 Å². The van der Waals surface area contributed by atoms with Crippen molar-refractivity contribution >= 4 is 17.4 Å². The van der Waals surface area contributed by atoms with Crippen molar-refractivity contribution < 1.29 is 4.79 Å². The van der Waals surface area contributed by atoms with Crippen molar-refractivity contribution in [2.75, 3.05) is 0 Å². The van der Waals surface area contributed by atoms with E-state index in [1.165, 1.54) is 0 Å². The van der Waals surface area contributed by atoms with Crippen molar-refractivity contribution in [2.45, 2.75) is 39.7 Å². The summed E-state index contributed by atoms with van der Waals surface area (Å²) in [5.74, 6) is 0.135. The smallest absolute Gasteiger partial charge is 0.143 e. The SMILES string of the molecule is CCc1nn(CC)c(CC(=O)Cc2ccncc2)c1Cl. The zero-order valence-corrected chi connectivity index (χ0v) is 12.5. The number of Topliss-reactive ketones (excluding diaryl/α,β-unsaturated/α-hetero) is 1. The van der Waals surface area contributed by atoms with E-state index in [1.54, 1.807) is 12.4 Å². The summed E-state index contributed by atoms with van der Waals surface area (Å²) in [5.41, 5.74) is 2.66. The van der Waals surface area contributed by atoms with Crippen LogP contribution in [0.25, 0.3) is 0 Å². The standard InChI is InChI=1S/C15H18ClN3O/c1-3-13-15(16)14(19(4-2)18-13)10-12(20)9-11-5-7-17-8-6-11/h5-8H,3-4,9-10H2,1-2H3. The van der Waals surface area contributed by atoms with Gasteiger partial charge in [0.05, 0.1) is 22.8 Å². The van der Waals surface area contributed by atoms with Crippen LogP contribution in [0.2, 0.25) is 5.02 Å². The first-order valence-electron chi connectivity index (χ1n) is 6.80. The number of hydrogen-bond acceptors (Lipinski definition) is 3. The van der Waals surface area contributed by atoms with Crippen LogP contribution in [0.1, 0.15) is 30.8 Å². The first-order valence-corrected chi connectivity index (χ1v) is 7.18. The average Bonchev–Trinajstić information content (AvgIpc) is 2.76. The molecule has 2 rings (SSSR count). The maximum atomic E-state index is 12.2. The lowest BCUT2D eigenvalue weighted by Gasteiger charge is -2.05. The minimum atomic E-state index is 0.135. The highest BCUT2D eigenvalue weighted by molar-refractivity contribution is 6.32. The van der Waals surface area contributed by atoms with Gasteiger partial charge in [-0.1, -0.05) is 18.5 Å². The Hall–Kier alpha value is -1.68. The van der Waals surface area contributed by atoms with E-state index in [2.05, 4.69) is 10.1 Å². The van der Waals surface area contributed by atoms with Gasteiger partial charge in [0, 0.05) is 25.4 Å². The molecule has 5 heteroatoms. The topological polar surface area (TPSA) is 47.8 Å². The van der Waals surface area contributed by atoms with E-state index >= 15 is 0 Å². The maximum absolute atomic E-state index is 12.2. The molecule has 0 aliphatic carbocycles. The Morgan fingerprint density at radius 1 is 1.25 bits per heavy atom. The van der Waals surface area contributed by atoms with Crippen molar-refractivity contribution in [3.05, 3.63) is 46.5 Å². The maximum Gasteiger partial charge on any atom is 0.143 e. The highest BCUT2D eigenvalue weighted by atomic mass is 35.5. The number of aryl methyl sites for hydroxylation is 2. The summed E-state index contributed by atoms with van der Waals surface area (Å²) in [6.07, 6.45) is 4.89. The Kier molecular flexibility index (Phi) is 4.90. The quantitative estimate of drug-likeness (QED) is 0.822. The number of aromatic nitrogens is 3. The summed E-state index contributed by atoms with van der Waals surface area (Å²) >= 11 is 6.31. The molecule has 0 amide bonds. The summed E-state index contributed by atoms with van der Waals surface area (Å²) in [6.45, 7) is 4.73. The predicted octanol–water partition coefficient (Wildman–Crippen LogP) is 2.87. The molecule has 0 aliphatic rings. The lowest BCUT2D eigenvalue weighted by Crippen LogP contribution is -2.11. The molecule has 0 fully saturated rings. The molecule has 0 unspecified atom stereocenters. The van der Waals surface area contributed by atoms with Crippen LogP contribution in [0.4, 0.5) is 0 Å². The van der Waals surface area contributed by atoms with Gasteiger partial charge in [0.25, 0.3) is 0 Å². The number of pyridine rings is 1. The monoisotopic (exact) mass is 291 g/mol. The molecule has 2 heterocycles. The van der Waals surface area contributed by atoms with Crippen LogP contribution in [0, 0.1) is 0 Å². The second kappa shape index (κ2) is 6.66. The largest absolute Gasteiger partial charge is 0.299 e. The number of rotatable bonds is 6. The van der Waals surface area contributed by atoms with Gasteiger partial charge in [0.2, 0.25) is 0 Å². The van der Waals surface area contributed by atoms with Crippen LogP contribution < -0.4 is 0 Å². The van der Waals surface area contributed by atoms with E-state index in [1.807, 2.05) is 30.7 Å². The number of halogens is 1. The molecular weight excluding hydrogens is 274 g/mol. The van der Waals surface area contributed by atoms with Gasteiger partial charge in [-0.2, -0.15) is 5.10 Å². The minimum Gasteiger partial charge on any atom is -0.299 e. The van der Waals surface area contributed by atoms with Gasteiger partial charge in [-0.3, -0.25) is 14.5 Å². The lowest BCUT2D eigenvalue weighted by atomic mass is 10.1. The Bertz CT molecular complexity index is 593. The van der Waals surface area contributed by atoms with E-state index < -0.39 is 0 Å². The Balaban J connectivity index is 2.13. The molecule has 4 nitrogen and oxygen atoms in total. The zero-order valence-electron chi connectivity index (χ0n) is 11.8. The lowest BCUT2D eigenvalue weighted by molar-refractivity contribution is -0.117. The third-order valence-electron chi connectivity index (χ3n) is 3.21. The first-order chi connectivity index (χ1) is 9.65. The molecule has 20 heavy (non-hydrogen) atoms. The highest BCUT2D eigenvalue weighted by Crippen LogP contribution is 2.22. The summed E-state index contributed by atoms with van der Waals surface area (Å²) in [4.78, 5) is 16.1. The van der Waals surface area contributed by atoms with Crippen LogP contribution in [-0.2, 0) is 30.6 Å². The number of nitrogens with zero attached hydrogens (tertiary/aromatic N) is 3. The predicted molar refractivity (Wildman–Crippen MR) is 78.9 cm³/mol. The van der Waals surface area contributed by atoms with Crippen molar-refractivity contribution in [2.24, 2.45) is 0 Å². The molecule has 0 aliphatic heterocycles. The van der Waals surface area contributed by atoms with E-state index in [0.717, 1.165) is 29.9 Å². The molecular formula is C15H18ClN3O. The van der Waals surface area contributed by atoms with Gasteiger partial charge in [-0.15, -0.1) is 0 Å². The van der Waals surface area contributed by atoms with Gasteiger partial charge >= 0.3 is 0 Å². The molecule has 0 saturated carbocycles. The van der Waals surface area contributed by atoms with Crippen molar-refractivity contribution in [1.29, 1.82) is 0 Å². The normalized spacial score (nSPS) is 10.8. The summed E-state index contributed by atoms with van der Waals surface area (Å²) in [6, 6.07) is 3.71. The van der Waals surface area contributed by atoms with Gasteiger partial charge in [0.15, 0.2) is 0 Å². The molecule has 2 aromatic heterocycles. The van der Waals surface area contributed by atoms with Crippen molar-refractivity contribution in [3.8, 4) is 0 Å². The average molecular weight is 292 g/mol. The molecule has 0 saturated heterocycles. The fourth-order valence-corrected chi connectivity index (χ4v) is 2.50. The van der Waals surface area contributed by atoms with Gasteiger partial charge < -0.3 is 0 Å². The molecule has 0 bridgehead atoms. The first kappa shape index (κ1) is 14.7. The van der Waals surface area contributed by atoms with Gasteiger partial charge in [0.1, 0.15) is 5.78 Å². The minimum absolute atomic E-state index is 0.135. The molecule has 106 valence electrons. The summed E-state index contributed by atoms with van der Waals surface area (Å²) < 4.78 is 1.83. The van der Waals surface area contributed by atoms with Gasteiger partial charge in [-0.25, -0.2) is 0 Å². The van der Waals surface area contributed by atoms with Gasteiger partial charge in [-0.05, 0) is 31.0 Å². The Labute approximate surface area is 123 Å². The van der Waals surface area contributed by atoms with E-state index in [4.69, 9.17) is 11.6 Å². The Morgan fingerprint density at radius 3 is 2.55 bits per heavy atom. The summed E-state index contributed by atoms with van der Waals surface area (Å²) in [7, 11) is 0. The fraction of sp³-hybridized carbons (Fsp3) is 0.400. The number of carbonyl (C=O) groups excluding carboxylic acids is 1. The Morgan fingerprint density at radius 2 is 1.95 bits per heavy atom. The van der Waals surface area contributed by atoms with E-state index in [-0.39, 0.29) is 5.78 Å². The molecule has 0 aromatic carbocycles. The van der Waals surface area contributed by atoms with Crippen LogP contribution >= 0.6 is 11.6 Å². The second-order valence-electron chi connectivity index (χ2n) is 4.62. The summed E-state index contributed by atoms with van der Waals surface area (Å²) in [5, 5.41) is 5.07. The number of carbonyl (C=O) groups is 1. The van der Waals surface area contributed by atoms with Crippen LogP contribution in [-0.4, -0.2) is 20.5 Å². The number of ketones is 1. The highest BCUT2D eigenvalue weighted by Gasteiger charge is 2.17. The molecule has 0 atom stereocenters. The second-order valence-corrected chi connectivity index (χ2v) is 5.00. The third kappa shape index (κ3) is 3.25. The molecule has 2 aromatic rings. The number of hydrogen-bond donors (Lipinski definition) is 0. The molecule has 0 N–H and O–H groups in total. The van der Waals surface area contributed by atoms with E-state index in [0.29, 0.717) is 17.9 Å². The van der Waals surface area contributed by atoms with Crippen molar-refractivity contribution in [3.63, 3.8) is 0 Å². The van der Waals surface area contributed by atoms with Crippen molar-refractivity contribution in [1.82, 2.24) is 14.8 Å².